The van der Waals surface area contributed by atoms with Crippen molar-refractivity contribution in [3.8, 4) is 0 Å². The van der Waals surface area contributed by atoms with Gasteiger partial charge in [0.25, 0.3) is 0 Å². The molecule has 0 fully saturated rings. The maximum Gasteiger partial charge on any atom is 0.0576 e. The van der Waals surface area contributed by atoms with Crippen molar-refractivity contribution in [1.29, 1.82) is 0 Å². The molecule has 0 aliphatic carbocycles. The van der Waals surface area contributed by atoms with E-state index >= 15 is 0 Å². The molecule has 3 N–H and O–H groups in total. The van der Waals surface area contributed by atoms with E-state index in [-0.39, 0.29) is 5.41 Å². The van der Waals surface area contributed by atoms with Crippen molar-refractivity contribution in [3.05, 3.63) is 59.7 Å². The Kier molecular flexibility index (Phi) is 3.79. The van der Waals surface area contributed by atoms with Gasteiger partial charge >= 0.3 is 0 Å². The standard InChI is InChI=1S/C17H22N2/c1-13-9-10-15(18)16(11-13)19-12-17(2,3)14-7-5-4-6-8-14/h4-11,19H,12,18H2,1-3H3. The third-order valence-electron chi connectivity index (χ3n) is 3.48. The Labute approximate surface area is 115 Å². The van der Waals surface area contributed by atoms with Crippen molar-refractivity contribution in [3.63, 3.8) is 0 Å². The van der Waals surface area contributed by atoms with Crippen LogP contribution in [0, 0.1) is 6.92 Å². The first kappa shape index (κ1) is 13.5. The van der Waals surface area contributed by atoms with E-state index in [4.69, 9.17) is 5.73 Å². The highest BCUT2D eigenvalue weighted by Crippen LogP contribution is 2.26. The number of hydrogen-bond acceptors (Lipinski definition) is 2. The molecule has 2 aromatic carbocycles. The van der Waals surface area contributed by atoms with E-state index in [2.05, 4.69) is 56.4 Å². The van der Waals surface area contributed by atoms with E-state index in [1.807, 2.05) is 18.2 Å². The van der Waals surface area contributed by atoms with Gasteiger partial charge in [-0.15, -0.1) is 0 Å². The summed E-state index contributed by atoms with van der Waals surface area (Å²) in [7, 11) is 0. The van der Waals surface area contributed by atoms with Gasteiger partial charge < -0.3 is 11.1 Å². The van der Waals surface area contributed by atoms with Gasteiger partial charge in [0.2, 0.25) is 0 Å². The number of nitrogens with one attached hydrogen (secondary N) is 1. The lowest BCUT2D eigenvalue weighted by Gasteiger charge is -2.26. The Hall–Kier alpha value is -1.96. The van der Waals surface area contributed by atoms with Crippen molar-refractivity contribution in [2.75, 3.05) is 17.6 Å². The highest BCUT2D eigenvalue weighted by Gasteiger charge is 2.20. The topological polar surface area (TPSA) is 38.0 Å². The van der Waals surface area contributed by atoms with E-state index in [0.29, 0.717) is 0 Å². The monoisotopic (exact) mass is 254 g/mol. The Balaban J connectivity index is 2.12. The fourth-order valence-electron chi connectivity index (χ4n) is 2.13. The number of aryl methyl sites for hydroxylation is 1. The second kappa shape index (κ2) is 5.35. The Bertz CT molecular complexity index is 544. The summed E-state index contributed by atoms with van der Waals surface area (Å²) in [4.78, 5) is 0. The van der Waals surface area contributed by atoms with Gasteiger partial charge in [0.05, 0.1) is 11.4 Å². The molecule has 100 valence electrons. The van der Waals surface area contributed by atoms with Gasteiger partial charge in [-0.2, -0.15) is 0 Å². The van der Waals surface area contributed by atoms with Crippen LogP contribution in [0.2, 0.25) is 0 Å². The van der Waals surface area contributed by atoms with Crippen molar-refractivity contribution < 1.29 is 0 Å². The van der Waals surface area contributed by atoms with Crippen LogP contribution in [0.15, 0.2) is 48.5 Å². The van der Waals surface area contributed by atoms with Crippen LogP contribution in [0.25, 0.3) is 0 Å². The summed E-state index contributed by atoms with van der Waals surface area (Å²) in [5, 5.41) is 3.47. The van der Waals surface area contributed by atoms with Crippen molar-refractivity contribution in [2.24, 2.45) is 0 Å². The second-order valence-corrected chi connectivity index (χ2v) is 5.69. The zero-order valence-electron chi connectivity index (χ0n) is 11.9. The fourth-order valence-corrected chi connectivity index (χ4v) is 2.13. The van der Waals surface area contributed by atoms with E-state index in [9.17, 15) is 0 Å². The van der Waals surface area contributed by atoms with Crippen LogP contribution < -0.4 is 11.1 Å². The highest BCUT2D eigenvalue weighted by molar-refractivity contribution is 5.67. The van der Waals surface area contributed by atoms with Crippen LogP contribution in [0.1, 0.15) is 25.0 Å². The quantitative estimate of drug-likeness (QED) is 0.810. The first-order valence-corrected chi connectivity index (χ1v) is 6.64. The molecule has 0 aliphatic heterocycles. The van der Waals surface area contributed by atoms with Gasteiger partial charge in [-0.1, -0.05) is 50.2 Å². The summed E-state index contributed by atoms with van der Waals surface area (Å²) >= 11 is 0. The normalized spacial score (nSPS) is 11.3. The zero-order valence-corrected chi connectivity index (χ0v) is 11.9. The molecule has 0 aliphatic rings. The van der Waals surface area contributed by atoms with Crippen LogP contribution in [0.3, 0.4) is 0 Å². The van der Waals surface area contributed by atoms with E-state index in [1.54, 1.807) is 0 Å². The van der Waals surface area contributed by atoms with E-state index in [1.165, 1.54) is 11.1 Å². The number of rotatable bonds is 4. The summed E-state index contributed by atoms with van der Waals surface area (Å²) in [6.07, 6.45) is 0. The summed E-state index contributed by atoms with van der Waals surface area (Å²) < 4.78 is 0. The molecule has 2 rings (SSSR count). The summed E-state index contributed by atoms with van der Waals surface area (Å²) in [6.45, 7) is 7.40. The van der Waals surface area contributed by atoms with E-state index < -0.39 is 0 Å². The minimum absolute atomic E-state index is 0.0669. The lowest BCUT2D eigenvalue weighted by Crippen LogP contribution is -2.27. The molecular formula is C17H22N2. The molecule has 0 unspecified atom stereocenters. The van der Waals surface area contributed by atoms with Crippen molar-refractivity contribution >= 4 is 11.4 Å². The predicted octanol–water partition coefficient (Wildman–Crippen LogP) is 3.97. The van der Waals surface area contributed by atoms with Gasteiger partial charge in [-0.3, -0.25) is 0 Å². The van der Waals surface area contributed by atoms with Gasteiger partial charge in [0.15, 0.2) is 0 Å². The van der Waals surface area contributed by atoms with Crippen LogP contribution in [-0.2, 0) is 5.41 Å². The molecule has 0 saturated carbocycles. The molecule has 0 atom stereocenters. The molecule has 2 nitrogen and oxygen atoms in total. The molecule has 0 heterocycles. The maximum atomic E-state index is 5.99. The number of nitrogens with two attached hydrogens (primary N) is 1. The Morgan fingerprint density at radius 3 is 2.42 bits per heavy atom. The lowest BCUT2D eigenvalue weighted by atomic mass is 9.84. The van der Waals surface area contributed by atoms with Crippen LogP contribution in [0.4, 0.5) is 11.4 Å². The minimum atomic E-state index is 0.0669. The third-order valence-corrected chi connectivity index (χ3v) is 3.48. The Morgan fingerprint density at radius 1 is 1.05 bits per heavy atom. The summed E-state index contributed by atoms with van der Waals surface area (Å²) in [5.41, 5.74) is 10.4. The molecule has 0 spiro atoms. The Morgan fingerprint density at radius 2 is 1.74 bits per heavy atom. The average Bonchev–Trinajstić information content (AvgIpc) is 2.41. The molecule has 0 saturated heterocycles. The van der Waals surface area contributed by atoms with Gasteiger partial charge in [0, 0.05) is 12.0 Å². The van der Waals surface area contributed by atoms with Gasteiger partial charge in [0.1, 0.15) is 0 Å². The van der Waals surface area contributed by atoms with Crippen molar-refractivity contribution in [1.82, 2.24) is 0 Å². The first-order valence-electron chi connectivity index (χ1n) is 6.64. The molecule has 0 aromatic heterocycles. The van der Waals surface area contributed by atoms with Crippen LogP contribution in [0.5, 0.6) is 0 Å². The molecular weight excluding hydrogens is 232 g/mol. The lowest BCUT2D eigenvalue weighted by molar-refractivity contribution is 0.557. The van der Waals surface area contributed by atoms with Crippen LogP contribution in [-0.4, -0.2) is 6.54 Å². The largest absolute Gasteiger partial charge is 0.397 e. The average molecular weight is 254 g/mol. The molecule has 0 amide bonds. The third kappa shape index (κ3) is 3.28. The number of nitrogen functional groups attached to an aromatic ring is 1. The van der Waals surface area contributed by atoms with Gasteiger partial charge in [-0.25, -0.2) is 0 Å². The highest BCUT2D eigenvalue weighted by atomic mass is 14.9. The SMILES string of the molecule is Cc1ccc(N)c(NCC(C)(C)c2ccccc2)c1. The number of benzene rings is 2. The maximum absolute atomic E-state index is 5.99. The smallest absolute Gasteiger partial charge is 0.0576 e. The van der Waals surface area contributed by atoms with Crippen LogP contribution >= 0.6 is 0 Å². The van der Waals surface area contributed by atoms with Crippen molar-refractivity contribution in [2.45, 2.75) is 26.2 Å². The molecule has 2 aromatic rings. The van der Waals surface area contributed by atoms with Gasteiger partial charge in [-0.05, 0) is 30.2 Å². The number of anilines is 2. The number of hydrogen-bond donors (Lipinski definition) is 2. The second-order valence-electron chi connectivity index (χ2n) is 5.69. The fraction of sp³-hybridized carbons (Fsp3) is 0.294. The predicted molar refractivity (Wildman–Crippen MR) is 83.5 cm³/mol. The summed E-state index contributed by atoms with van der Waals surface area (Å²) in [5.74, 6) is 0. The van der Waals surface area contributed by atoms with E-state index in [0.717, 1.165) is 17.9 Å². The first-order chi connectivity index (χ1) is 8.99. The summed E-state index contributed by atoms with van der Waals surface area (Å²) in [6, 6.07) is 16.6. The molecule has 0 bridgehead atoms. The molecule has 2 heteroatoms. The molecule has 19 heavy (non-hydrogen) atoms. The zero-order chi connectivity index (χ0) is 13.9. The molecule has 0 radical (unpaired) electrons. The minimum Gasteiger partial charge on any atom is -0.397 e.